The van der Waals surface area contributed by atoms with Gasteiger partial charge in [0.2, 0.25) is 0 Å². The van der Waals surface area contributed by atoms with Crippen LogP contribution in [0.5, 0.6) is 0 Å². The minimum Gasteiger partial charge on any atom is -0.462 e. The van der Waals surface area contributed by atoms with Crippen LogP contribution in [0.25, 0.3) is 11.1 Å². The Balaban J connectivity index is 1.85. The lowest BCUT2D eigenvalue weighted by Gasteiger charge is -2.31. The van der Waals surface area contributed by atoms with Crippen LogP contribution in [0.2, 0.25) is 4.34 Å². The SMILES string of the molecule is CCOC(=O)c1c(NC(=O)C[NH+]2C[C@H](C)O[C@@H](C)C2)sc(Cl)c1-c1ccccc1. The van der Waals surface area contributed by atoms with Gasteiger partial charge in [-0.05, 0) is 26.3 Å². The van der Waals surface area contributed by atoms with Crippen molar-refractivity contribution in [2.45, 2.75) is 33.0 Å². The molecule has 1 amide bonds. The molecule has 0 aliphatic carbocycles. The third-order valence-electron chi connectivity index (χ3n) is 4.69. The molecule has 1 aromatic carbocycles. The molecule has 0 saturated carbocycles. The van der Waals surface area contributed by atoms with Crippen molar-refractivity contribution in [2.75, 3.05) is 31.6 Å². The van der Waals surface area contributed by atoms with Gasteiger partial charge in [-0.1, -0.05) is 41.9 Å². The number of halogens is 1. The molecule has 1 fully saturated rings. The highest BCUT2D eigenvalue weighted by Crippen LogP contribution is 2.43. The van der Waals surface area contributed by atoms with Gasteiger partial charge in [0.25, 0.3) is 5.91 Å². The predicted octanol–water partition coefficient (Wildman–Crippen LogP) is 2.88. The van der Waals surface area contributed by atoms with E-state index in [1.54, 1.807) is 6.92 Å². The summed E-state index contributed by atoms with van der Waals surface area (Å²) < 4.78 is 11.4. The molecule has 1 saturated heterocycles. The van der Waals surface area contributed by atoms with E-state index in [0.29, 0.717) is 27.0 Å². The molecule has 29 heavy (non-hydrogen) atoms. The zero-order valence-corrected chi connectivity index (χ0v) is 18.4. The molecule has 0 bridgehead atoms. The van der Waals surface area contributed by atoms with E-state index in [-0.39, 0.29) is 24.7 Å². The van der Waals surface area contributed by atoms with Gasteiger partial charge < -0.3 is 19.7 Å². The maximum atomic E-state index is 12.7. The Labute approximate surface area is 179 Å². The van der Waals surface area contributed by atoms with Gasteiger partial charge in [-0.25, -0.2) is 4.79 Å². The summed E-state index contributed by atoms with van der Waals surface area (Å²) >= 11 is 7.66. The molecule has 0 radical (unpaired) electrons. The van der Waals surface area contributed by atoms with Gasteiger partial charge in [0.05, 0.1) is 6.61 Å². The smallest absolute Gasteiger partial charge is 0.341 e. The Morgan fingerprint density at radius 2 is 1.90 bits per heavy atom. The summed E-state index contributed by atoms with van der Waals surface area (Å²) in [4.78, 5) is 26.6. The normalized spacial score (nSPS) is 21.6. The summed E-state index contributed by atoms with van der Waals surface area (Å²) in [5.41, 5.74) is 1.70. The standard InChI is InChI=1S/C21H25ClN2O4S/c1-4-27-21(26)18-17(15-8-6-5-7-9-15)19(22)29-20(18)23-16(25)12-24-10-13(2)28-14(3)11-24/h5-9,13-14H,4,10-12H2,1-3H3,(H,23,25)/p+1/t13-,14-/m0/s1. The largest absolute Gasteiger partial charge is 0.462 e. The van der Waals surface area contributed by atoms with Crippen molar-refractivity contribution in [1.82, 2.24) is 0 Å². The Kier molecular flexibility index (Phi) is 7.29. The van der Waals surface area contributed by atoms with Gasteiger partial charge in [-0.15, -0.1) is 11.3 Å². The molecule has 6 nitrogen and oxygen atoms in total. The lowest BCUT2D eigenvalue weighted by Crippen LogP contribution is -3.16. The Bertz CT molecular complexity index is 861. The van der Waals surface area contributed by atoms with Crippen molar-refractivity contribution in [2.24, 2.45) is 0 Å². The second-order valence-corrected chi connectivity index (χ2v) is 8.80. The van der Waals surface area contributed by atoms with Crippen LogP contribution in [0.4, 0.5) is 5.00 Å². The highest BCUT2D eigenvalue weighted by atomic mass is 35.5. The lowest BCUT2D eigenvalue weighted by atomic mass is 10.0. The Hall–Kier alpha value is -1.93. The predicted molar refractivity (Wildman–Crippen MR) is 115 cm³/mol. The number of benzene rings is 1. The summed E-state index contributed by atoms with van der Waals surface area (Å²) in [6.45, 7) is 7.84. The molecule has 1 aromatic heterocycles. The van der Waals surface area contributed by atoms with E-state index in [1.807, 2.05) is 44.2 Å². The summed E-state index contributed by atoms with van der Waals surface area (Å²) in [7, 11) is 0. The highest BCUT2D eigenvalue weighted by Gasteiger charge is 2.30. The number of thiophene rings is 1. The summed E-state index contributed by atoms with van der Waals surface area (Å²) in [6.07, 6.45) is 0.218. The fourth-order valence-corrected chi connectivity index (χ4v) is 5.07. The number of hydrogen-bond donors (Lipinski definition) is 2. The molecule has 156 valence electrons. The lowest BCUT2D eigenvalue weighted by molar-refractivity contribution is -0.907. The van der Waals surface area contributed by atoms with Crippen LogP contribution in [0.3, 0.4) is 0 Å². The second-order valence-electron chi connectivity index (χ2n) is 7.18. The number of rotatable bonds is 6. The van der Waals surface area contributed by atoms with Crippen LogP contribution >= 0.6 is 22.9 Å². The first-order valence-electron chi connectivity index (χ1n) is 9.72. The molecule has 3 rings (SSSR count). The molecule has 0 unspecified atom stereocenters. The number of carbonyl (C=O) groups excluding carboxylic acids is 2. The van der Waals surface area contributed by atoms with E-state index in [9.17, 15) is 9.59 Å². The van der Waals surface area contributed by atoms with Crippen molar-refractivity contribution in [1.29, 1.82) is 0 Å². The average Bonchev–Trinajstić information content (AvgIpc) is 2.97. The maximum absolute atomic E-state index is 12.7. The third kappa shape index (κ3) is 5.36. The van der Waals surface area contributed by atoms with Crippen LogP contribution in [0, 0.1) is 0 Å². The van der Waals surface area contributed by atoms with E-state index in [4.69, 9.17) is 21.1 Å². The summed E-state index contributed by atoms with van der Waals surface area (Å²) in [5.74, 6) is -0.657. The van der Waals surface area contributed by atoms with Crippen molar-refractivity contribution in [3.8, 4) is 11.1 Å². The zero-order chi connectivity index (χ0) is 21.0. The number of ether oxygens (including phenoxy) is 2. The molecule has 2 aromatic rings. The van der Waals surface area contributed by atoms with Gasteiger partial charge in [0, 0.05) is 5.56 Å². The fourth-order valence-electron chi connectivity index (χ4n) is 3.68. The molecule has 8 heteroatoms. The van der Waals surface area contributed by atoms with E-state index in [1.165, 1.54) is 11.3 Å². The maximum Gasteiger partial charge on any atom is 0.341 e. The zero-order valence-electron chi connectivity index (χ0n) is 16.8. The number of hydrogen-bond acceptors (Lipinski definition) is 5. The summed E-state index contributed by atoms with van der Waals surface area (Å²) in [5, 5.41) is 3.31. The van der Waals surface area contributed by atoms with Gasteiger partial charge >= 0.3 is 5.97 Å². The first kappa shape index (κ1) is 21.8. The van der Waals surface area contributed by atoms with E-state index < -0.39 is 5.97 Å². The number of morpholine rings is 1. The molecular formula is C21H26ClN2O4S+. The number of quaternary nitrogens is 1. The van der Waals surface area contributed by atoms with Crippen molar-refractivity contribution < 1.29 is 24.0 Å². The third-order valence-corrected chi connectivity index (χ3v) is 6.00. The minimum atomic E-state index is -0.495. The molecule has 2 heterocycles. The molecule has 2 atom stereocenters. The van der Waals surface area contributed by atoms with Crippen molar-refractivity contribution in [3.05, 3.63) is 40.2 Å². The first-order valence-corrected chi connectivity index (χ1v) is 10.9. The van der Waals surface area contributed by atoms with E-state index >= 15 is 0 Å². The number of nitrogens with one attached hydrogen (secondary N) is 2. The summed E-state index contributed by atoms with van der Waals surface area (Å²) in [6, 6.07) is 9.40. The van der Waals surface area contributed by atoms with Gasteiger partial charge in [-0.3, -0.25) is 4.79 Å². The fraction of sp³-hybridized carbons (Fsp3) is 0.429. The monoisotopic (exact) mass is 437 g/mol. The Morgan fingerprint density at radius 1 is 1.24 bits per heavy atom. The van der Waals surface area contributed by atoms with E-state index in [2.05, 4.69) is 5.32 Å². The number of amides is 1. The van der Waals surface area contributed by atoms with Gasteiger partial charge in [0.15, 0.2) is 6.54 Å². The molecule has 1 aliphatic rings. The molecule has 0 spiro atoms. The topological polar surface area (TPSA) is 69.1 Å². The van der Waals surface area contributed by atoms with Crippen LogP contribution in [-0.4, -0.2) is 50.3 Å². The van der Waals surface area contributed by atoms with E-state index in [0.717, 1.165) is 23.6 Å². The molecule has 1 aliphatic heterocycles. The number of anilines is 1. The Morgan fingerprint density at radius 3 is 2.52 bits per heavy atom. The minimum absolute atomic E-state index is 0.109. The molecule has 2 N–H and O–H groups in total. The average molecular weight is 438 g/mol. The highest BCUT2D eigenvalue weighted by molar-refractivity contribution is 7.21. The quantitative estimate of drug-likeness (QED) is 0.682. The molecular weight excluding hydrogens is 412 g/mol. The second kappa shape index (κ2) is 9.71. The van der Waals surface area contributed by atoms with Crippen LogP contribution in [0.1, 0.15) is 31.1 Å². The van der Waals surface area contributed by atoms with Crippen LogP contribution in [-0.2, 0) is 14.3 Å². The number of carbonyl (C=O) groups is 2. The van der Waals surface area contributed by atoms with Crippen molar-refractivity contribution >= 4 is 39.8 Å². The van der Waals surface area contributed by atoms with Crippen LogP contribution < -0.4 is 10.2 Å². The number of esters is 1. The van der Waals surface area contributed by atoms with Crippen LogP contribution in [0.15, 0.2) is 30.3 Å². The van der Waals surface area contributed by atoms with Crippen molar-refractivity contribution in [3.63, 3.8) is 0 Å². The van der Waals surface area contributed by atoms with Gasteiger partial charge in [0.1, 0.15) is 40.2 Å². The first-order chi connectivity index (χ1) is 13.9. The van der Waals surface area contributed by atoms with Gasteiger partial charge in [-0.2, -0.15) is 0 Å².